The molecular weight excluding hydrogens is 376 g/mol. The van der Waals surface area contributed by atoms with Crippen LogP contribution in [0.5, 0.6) is 0 Å². The lowest BCUT2D eigenvalue weighted by molar-refractivity contribution is -0.122. The summed E-state index contributed by atoms with van der Waals surface area (Å²) in [5, 5.41) is 0.819. The third-order valence-electron chi connectivity index (χ3n) is 5.28. The van der Waals surface area contributed by atoms with Crippen LogP contribution in [0.25, 0.3) is 0 Å². The van der Waals surface area contributed by atoms with Crippen molar-refractivity contribution in [2.24, 2.45) is 0 Å². The number of carbonyl (C=O) groups excluding carboxylic acids is 2. The number of hydrogen-bond acceptors (Lipinski definition) is 6. The molecule has 4 rings (SSSR count). The van der Waals surface area contributed by atoms with Crippen LogP contribution in [0.4, 0.5) is 5.13 Å². The Labute approximate surface area is 168 Å². The van der Waals surface area contributed by atoms with E-state index in [1.807, 2.05) is 19.1 Å². The zero-order valence-corrected chi connectivity index (χ0v) is 16.7. The summed E-state index contributed by atoms with van der Waals surface area (Å²) < 4.78 is 5.36. The fraction of sp³-hybridized carbons (Fsp3) is 0.450. The minimum atomic E-state index is -0.324. The molecule has 0 bridgehead atoms. The van der Waals surface area contributed by atoms with Gasteiger partial charge in [0.1, 0.15) is 4.88 Å². The molecule has 1 aromatic heterocycles. The number of hydrogen-bond donors (Lipinski definition) is 2. The Morgan fingerprint density at radius 3 is 2.86 bits per heavy atom. The van der Waals surface area contributed by atoms with Gasteiger partial charge < -0.3 is 9.64 Å². The van der Waals surface area contributed by atoms with Gasteiger partial charge in [0.15, 0.2) is 5.13 Å². The number of benzene rings is 1. The number of aryl methyl sites for hydroxylation is 2. The van der Waals surface area contributed by atoms with E-state index >= 15 is 0 Å². The van der Waals surface area contributed by atoms with Crippen molar-refractivity contribution >= 4 is 28.3 Å². The van der Waals surface area contributed by atoms with E-state index in [-0.39, 0.29) is 17.7 Å². The van der Waals surface area contributed by atoms with E-state index in [9.17, 15) is 9.59 Å². The highest BCUT2D eigenvalue weighted by Crippen LogP contribution is 2.35. The molecule has 28 heavy (non-hydrogen) atoms. The van der Waals surface area contributed by atoms with Crippen LogP contribution in [0.15, 0.2) is 24.3 Å². The van der Waals surface area contributed by atoms with Gasteiger partial charge >= 0.3 is 0 Å². The zero-order valence-electron chi connectivity index (χ0n) is 15.9. The van der Waals surface area contributed by atoms with Gasteiger partial charge in [-0.05, 0) is 36.8 Å². The van der Waals surface area contributed by atoms with Crippen molar-refractivity contribution in [1.82, 2.24) is 15.8 Å². The number of morpholine rings is 1. The highest BCUT2D eigenvalue weighted by molar-refractivity contribution is 7.17. The molecule has 1 aromatic carbocycles. The van der Waals surface area contributed by atoms with Crippen molar-refractivity contribution in [1.29, 1.82) is 0 Å². The Morgan fingerprint density at radius 1 is 1.25 bits per heavy atom. The SMILES string of the molecule is Cc1nc(N2CCOCC2)sc1C(=O)NNC(=O)CC1CCc2ccccc21. The molecule has 1 atom stereocenters. The fourth-order valence-corrected chi connectivity index (χ4v) is 4.81. The van der Waals surface area contributed by atoms with Gasteiger partial charge in [-0.25, -0.2) is 4.98 Å². The first-order valence-corrected chi connectivity index (χ1v) is 10.4. The number of carbonyl (C=O) groups is 2. The number of rotatable bonds is 4. The molecule has 2 N–H and O–H groups in total. The Morgan fingerprint density at radius 2 is 2.04 bits per heavy atom. The number of fused-ring (bicyclic) bond motifs is 1. The van der Waals surface area contributed by atoms with E-state index in [1.165, 1.54) is 22.5 Å². The molecule has 2 aromatic rings. The number of anilines is 1. The van der Waals surface area contributed by atoms with Crippen LogP contribution in [0.2, 0.25) is 0 Å². The maximum Gasteiger partial charge on any atom is 0.281 e. The largest absolute Gasteiger partial charge is 0.378 e. The first-order chi connectivity index (χ1) is 13.6. The number of nitrogens with one attached hydrogen (secondary N) is 2. The number of amides is 2. The number of aromatic nitrogens is 1. The highest BCUT2D eigenvalue weighted by Gasteiger charge is 2.25. The van der Waals surface area contributed by atoms with Gasteiger partial charge in [0.05, 0.1) is 18.9 Å². The predicted molar refractivity (Wildman–Crippen MR) is 108 cm³/mol. The third-order valence-corrected chi connectivity index (χ3v) is 6.49. The Hall–Kier alpha value is -2.45. The second kappa shape index (κ2) is 8.28. The van der Waals surface area contributed by atoms with E-state index in [0.29, 0.717) is 30.2 Å². The average molecular weight is 401 g/mol. The van der Waals surface area contributed by atoms with Gasteiger partial charge in [-0.1, -0.05) is 35.6 Å². The van der Waals surface area contributed by atoms with Crippen LogP contribution in [0.1, 0.15) is 45.3 Å². The van der Waals surface area contributed by atoms with E-state index in [1.54, 1.807) is 0 Å². The molecule has 1 fully saturated rings. The minimum absolute atomic E-state index is 0.175. The molecular formula is C20H24N4O3S. The summed E-state index contributed by atoms with van der Waals surface area (Å²) in [7, 11) is 0. The molecule has 2 aliphatic rings. The lowest BCUT2D eigenvalue weighted by Gasteiger charge is -2.25. The van der Waals surface area contributed by atoms with Crippen LogP contribution in [-0.2, 0) is 16.0 Å². The van der Waals surface area contributed by atoms with Gasteiger partial charge in [-0.15, -0.1) is 0 Å². The highest BCUT2D eigenvalue weighted by atomic mass is 32.1. The quantitative estimate of drug-likeness (QED) is 0.769. The van der Waals surface area contributed by atoms with E-state index in [4.69, 9.17) is 4.74 Å². The molecule has 0 saturated carbocycles. The van der Waals surface area contributed by atoms with Crippen LogP contribution < -0.4 is 15.8 Å². The van der Waals surface area contributed by atoms with E-state index in [2.05, 4.69) is 32.9 Å². The van der Waals surface area contributed by atoms with E-state index < -0.39 is 0 Å². The van der Waals surface area contributed by atoms with Crippen molar-refractivity contribution < 1.29 is 14.3 Å². The Kier molecular flexibility index (Phi) is 5.59. The number of ether oxygens (including phenoxy) is 1. The van der Waals surface area contributed by atoms with Crippen LogP contribution >= 0.6 is 11.3 Å². The van der Waals surface area contributed by atoms with E-state index in [0.717, 1.165) is 31.1 Å². The normalized spacial score (nSPS) is 18.6. The molecule has 2 amide bonds. The summed E-state index contributed by atoms with van der Waals surface area (Å²) >= 11 is 1.35. The van der Waals surface area contributed by atoms with Crippen molar-refractivity contribution in [3.05, 3.63) is 46.0 Å². The fourth-order valence-electron chi connectivity index (χ4n) is 3.80. The van der Waals surface area contributed by atoms with Crippen molar-refractivity contribution in [2.75, 3.05) is 31.2 Å². The summed E-state index contributed by atoms with van der Waals surface area (Å²) in [6.07, 6.45) is 2.35. The molecule has 8 heteroatoms. The summed E-state index contributed by atoms with van der Waals surface area (Å²) in [5.41, 5.74) is 8.34. The first-order valence-electron chi connectivity index (χ1n) is 9.59. The number of nitrogens with zero attached hydrogens (tertiary/aromatic N) is 2. The summed E-state index contributed by atoms with van der Waals surface area (Å²) in [6, 6.07) is 8.25. The van der Waals surface area contributed by atoms with Gasteiger partial charge in [-0.2, -0.15) is 0 Å². The van der Waals surface area contributed by atoms with Crippen LogP contribution in [0, 0.1) is 6.92 Å². The molecule has 0 spiro atoms. The van der Waals surface area contributed by atoms with Crippen molar-refractivity contribution in [3.63, 3.8) is 0 Å². The van der Waals surface area contributed by atoms with Crippen molar-refractivity contribution in [3.8, 4) is 0 Å². The topological polar surface area (TPSA) is 83.6 Å². The third kappa shape index (κ3) is 4.02. The lowest BCUT2D eigenvalue weighted by Crippen LogP contribution is -2.42. The molecule has 1 aliphatic heterocycles. The Bertz CT molecular complexity index is 876. The molecule has 1 saturated heterocycles. The molecule has 1 unspecified atom stereocenters. The molecule has 7 nitrogen and oxygen atoms in total. The van der Waals surface area contributed by atoms with Crippen LogP contribution in [0.3, 0.4) is 0 Å². The monoisotopic (exact) mass is 400 g/mol. The number of thiazole rings is 1. The minimum Gasteiger partial charge on any atom is -0.378 e. The summed E-state index contributed by atoms with van der Waals surface area (Å²) in [5.74, 6) is -0.286. The second-order valence-corrected chi connectivity index (χ2v) is 8.13. The Balaban J connectivity index is 1.32. The average Bonchev–Trinajstić information content (AvgIpc) is 3.31. The molecule has 1 aliphatic carbocycles. The number of hydrazine groups is 1. The summed E-state index contributed by atoms with van der Waals surface area (Å²) in [6.45, 7) is 4.69. The van der Waals surface area contributed by atoms with Crippen molar-refractivity contribution in [2.45, 2.75) is 32.1 Å². The van der Waals surface area contributed by atoms with Crippen LogP contribution in [-0.4, -0.2) is 43.1 Å². The molecule has 148 valence electrons. The lowest BCUT2D eigenvalue weighted by atomic mass is 9.98. The zero-order chi connectivity index (χ0) is 19.5. The first kappa shape index (κ1) is 18.9. The molecule has 2 heterocycles. The predicted octanol–water partition coefficient (Wildman–Crippen LogP) is 2.17. The second-order valence-electron chi connectivity index (χ2n) is 7.15. The van der Waals surface area contributed by atoms with Gasteiger partial charge in [0.2, 0.25) is 5.91 Å². The summed E-state index contributed by atoms with van der Waals surface area (Å²) in [4.78, 5) is 32.0. The maximum absolute atomic E-state index is 12.5. The van der Waals surface area contributed by atoms with Gasteiger partial charge in [0, 0.05) is 19.5 Å². The molecule has 0 radical (unpaired) electrons. The maximum atomic E-state index is 12.5. The standard InChI is InChI=1S/C20H24N4O3S/c1-13-18(28-20(21-13)24-8-10-27-11-9-24)19(26)23-22-17(25)12-15-7-6-14-4-2-3-5-16(14)15/h2-5,15H,6-12H2,1H3,(H,22,25)(H,23,26). The smallest absolute Gasteiger partial charge is 0.281 e. The van der Waals surface area contributed by atoms with Gasteiger partial charge in [-0.3, -0.25) is 20.4 Å². The van der Waals surface area contributed by atoms with Gasteiger partial charge in [0.25, 0.3) is 5.91 Å².